The smallest absolute Gasteiger partial charge is 0.231 e. The van der Waals surface area contributed by atoms with Gasteiger partial charge in [-0.1, -0.05) is 12.2 Å². The number of hydrogen-bond acceptors (Lipinski definition) is 4. The van der Waals surface area contributed by atoms with Crippen LogP contribution in [-0.2, 0) is 11.2 Å². The average molecular weight is 255 g/mol. The van der Waals surface area contributed by atoms with E-state index in [4.69, 9.17) is 14.2 Å². The molecule has 4 nitrogen and oxygen atoms in total. The van der Waals surface area contributed by atoms with Gasteiger partial charge in [0.1, 0.15) is 0 Å². The number of pyridine rings is 1. The van der Waals surface area contributed by atoms with Crippen LogP contribution in [-0.4, -0.2) is 25.0 Å². The van der Waals surface area contributed by atoms with E-state index in [0.717, 1.165) is 39.9 Å². The van der Waals surface area contributed by atoms with Gasteiger partial charge >= 0.3 is 0 Å². The topological polar surface area (TPSA) is 40.6 Å². The molecule has 1 aromatic heterocycles. The Hall–Kier alpha value is -2.07. The third-order valence-electron chi connectivity index (χ3n) is 3.68. The van der Waals surface area contributed by atoms with Crippen LogP contribution < -0.4 is 9.47 Å². The van der Waals surface area contributed by atoms with Crippen LogP contribution in [0.25, 0.3) is 16.8 Å². The lowest BCUT2D eigenvalue weighted by molar-refractivity contribution is 0.140. The van der Waals surface area contributed by atoms with Gasteiger partial charge in [0.15, 0.2) is 11.5 Å². The van der Waals surface area contributed by atoms with Gasteiger partial charge in [0, 0.05) is 30.7 Å². The molecule has 0 radical (unpaired) electrons. The van der Waals surface area contributed by atoms with Crippen molar-refractivity contribution in [3.63, 3.8) is 0 Å². The number of nitrogens with zero attached hydrogens (tertiary/aromatic N) is 1. The van der Waals surface area contributed by atoms with E-state index in [0.29, 0.717) is 6.79 Å². The molecule has 96 valence electrons. The molecule has 19 heavy (non-hydrogen) atoms. The van der Waals surface area contributed by atoms with E-state index in [1.54, 1.807) is 7.11 Å². The highest BCUT2D eigenvalue weighted by Gasteiger charge is 2.20. The van der Waals surface area contributed by atoms with Crippen molar-refractivity contribution in [2.24, 2.45) is 0 Å². The van der Waals surface area contributed by atoms with E-state index in [-0.39, 0.29) is 6.10 Å². The fraction of sp³-hybridized carbons (Fsp3) is 0.267. The predicted molar refractivity (Wildman–Crippen MR) is 71.4 cm³/mol. The summed E-state index contributed by atoms with van der Waals surface area (Å²) in [6.45, 7) is 0.295. The Morgan fingerprint density at radius 1 is 1.26 bits per heavy atom. The van der Waals surface area contributed by atoms with Crippen molar-refractivity contribution in [2.45, 2.75) is 12.5 Å². The molecule has 2 aromatic rings. The lowest BCUT2D eigenvalue weighted by atomic mass is 9.95. The molecule has 0 amide bonds. The SMILES string of the molecule is CO[C@@H]1C=Cc2c(ncc3cc4c(cc23)OCO4)C1. The molecule has 0 spiro atoms. The minimum Gasteiger partial charge on any atom is -0.454 e. The number of aromatic nitrogens is 1. The largest absolute Gasteiger partial charge is 0.454 e. The molecule has 2 aliphatic rings. The summed E-state index contributed by atoms with van der Waals surface area (Å²) in [5.41, 5.74) is 2.23. The summed E-state index contributed by atoms with van der Waals surface area (Å²) >= 11 is 0. The third kappa shape index (κ3) is 1.60. The van der Waals surface area contributed by atoms with Crippen LogP contribution in [0.4, 0.5) is 0 Å². The fourth-order valence-electron chi connectivity index (χ4n) is 2.64. The van der Waals surface area contributed by atoms with E-state index in [9.17, 15) is 0 Å². The zero-order chi connectivity index (χ0) is 12.8. The Morgan fingerprint density at radius 2 is 2.11 bits per heavy atom. The zero-order valence-corrected chi connectivity index (χ0v) is 10.6. The summed E-state index contributed by atoms with van der Waals surface area (Å²) in [6.07, 6.45) is 6.99. The Balaban J connectivity index is 1.93. The van der Waals surface area contributed by atoms with Crippen LogP contribution in [0.1, 0.15) is 11.3 Å². The van der Waals surface area contributed by atoms with Gasteiger partial charge in [-0.15, -0.1) is 0 Å². The van der Waals surface area contributed by atoms with Crippen molar-refractivity contribution in [1.29, 1.82) is 0 Å². The van der Waals surface area contributed by atoms with Gasteiger partial charge in [0.2, 0.25) is 6.79 Å². The normalized spacial score (nSPS) is 19.7. The van der Waals surface area contributed by atoms with Crippen LogP contribution in [0.3, 0.4) is 0 Å². The summed E-state index contributed by atoms with van der Waals surface area (Å²) < 4.78 is 16.2. The molecule has 1 aliphatic heterocycles. The number of methoxy groups -OCH3 is 1. The molecule has 1 atom stereocenters. The minimum atomic E-state index is 0.117. The summed E-state index contributed by atoms with van der Waals surface area (Å²) in [6, 6.07) is 4.02. The maximum Gasteiger partial charge on any atom is 0.231 e. The van der Waals surface area contributed by atoms with Crippen LogP contribution >= 0.6 is 0 Å². The molecule has 2 heterocycles. The summed E-state index contributed by atoms with van der Waals surface area (Å²) in [5, 5.41) is 2.23. The fourth-order valence-corrected chi connectivity index (χ4v) is 2.64. The van der Waals surface area contributed by atoms with E-state index < -0.39 is 0 Å². The van der Waals surface area contributed by atoms with Gasteiger partial charge in [-0.25, -0.2) is 0 Å². The highest BCUT2D eigenvalue weighted by atomic mass is 16.7. The Bertz CT molecular complexity index is 693. The Kier molecular flexibility index (Phi) is 2.26. The summed E-state index contributed by atoms with van der Waals surface area (Å²) in [7, 11) is 1.72. The van der Waals surface area contributed by atoms with E-state index in [1.807, 2.05) is 18.3 Å². The maximum absolute atomic E-state index is 5.45. The molecule has 0 N–H and O–H groups in total. The molecule has 0 saturated heterocycles. The maximum atomic E-state index is 5.45. The molecular weight excluding hydrogens is 242 g/mol. The van der Waals surface area contributed by atoms with Crippen molar-refractivity contribution in [3.05, 3.63) is 35.7 Å². The van der Waals surface area contributed by atoms with Gasteiger partial charge in [-0.2, -0.15) is 0 Å². The second-order valence-electron chi connectivity index (χ2n) is 4.75. The third-order valence-corrected chi connectivity index (χ3v) is 3.68. The molecule has 0 saturated carbocycles. The van der Waals surface area contributed by atoms with Crippen LogP contribution in [0, 0.1) is 0 Å². The van der Waals surface area contributed by atoms with Crippen molar-refractivity contribution in [2.75, 3.05) is 13.9 Å². The summed E-state index contributed by atoms with van der Waals surface area (Å²) in [4.78, 5) is 4.54. The van der Waals surface area contributed by atoms with Gasteiger partial charge in [-0.05, 0) is 17.5 Å². The number of rotatable bonds is 1. The number of hydrogen-bond donors (Lipinski definition) is 0. The lowest BCUT2D eigenvalue weighted by Gasteiger charge is -2.18. The lowest BCUT2D eigenvalue weighted by Crippen LogP contribution is -2.16. The first-order valence-electron chi connectivity index (χ1n) is 6.27. The molecule has 1 aliphatic carbocycles. The summed E-state index contributed by atoms with van der Waals surface area (Å²) in [5.74, 6) is 1.60. The van der Waals surface area contributed by atoms with E-state index >= 15 is 0 Å². The van der Waals surface area contributed by atoms with E-state index in [2.05, 4.69) is 17.1 Å². The first kappa shape index (κ1) is 10.8. The highest BCUT2D eigenvalue weighted by molar-refractivity contribution is 5.93. The van der Waals surface area contributed by atoms with Crippen LogP contribution in [0.15, 0.2) is 24.4 Å². The second-order valence-corrected chi connectivity index (χ2v) is 4.75. The number of fused-ring (bicyclic) bond motifs is 4. The van der Waals surface area contributed by atoms with Gasteiger partial charge in [0.25, 0.3) is 0 Å². The Morgan fingerprint density at radius 3 is 2.95 bits per heavy atom. The van der Waals surface area contributed by atoms with Crippen molar-refractivity contribution >= 4 is 16.8 Å². The monoisotopic (exact) mass is 255 g/mol. The zero-order valence-electron chi connectivity index (χ0n) is 10.6. The number of benzene rings is 1. The Labute approximate surface area is 110 Å². The minimum absolute atomic E-state index is 0.117. The number of ether oxygens (including phenoxy) is 3. The predicted octanol–water partition coefficient (Wildman–Crippen LogP) is 2.55. The van der Waals surface area contributed by atoms with Crippen LogP contribution in [0.2, 0.25) is 0 Å². The molecule has 0 fully saturated rings. The standard InChI is InChI=1S/C15H13NO3/c1-17-10-2-3-11-12-6-15-14(18-8-19-15)4-9(12)7-16-13(11)5-10/h2-4,6-7,10H,5,8H2,1H3/t10-/m1/s1. The molecule has 4 rings (SSSR count). The highest BCUT2D eigenvalue weighted by Crippen LogP contribution is 2.38. The van der Waals surface area contributed by atoms with E-state index in [1.165, 1.54) is 0 Å². The van der Waals surface area contributed by atoms with Crippen molar-refractivity contribution in [3.8, 4) is 11.5 Å². The molecule has 0 bridgehead atoms. The quantitative estimate of drug-likeness (QED) is 0.785. The van der Waals surface area contributed by atoms with Gasteiger partial charge in [0.05, 0.1) is 11.8 Å². The van der Waals surface area contributed by atoms with Gasteiger partial charge < -0.3 is 14.2 Å². The first-order valence-corrected chi connectivity index (χ1v) is 6.27. The average Bonchev–Trinajstić information content (AvgIpc) is 2.91. The molecule has 0 unspecified atom stereocenters. The molecule has 1 aromatic carbocycles. The first-order chi connectivity index (χ1) is 9.35. The molecular formula is C15H13NO3. The molecule has 4 heteroatoms. The van der Waals surface area contributed by atoms with Crippen molar-refractivity contribution < 1.29 is 14.2 Å². The van der Waals surface area contributed by atoms with Crippen LogP contribution in [0.5, 0.6) is 11.5 Å². The van der Waals surface area contributed by atoms with Crippen molar-refractivity contribution in [1.82, 2.24) is 4.98 Å². The van der Waals surface area contributed by atoms with Gasteiger partial charge in [-0.3, -0.25) is 4.98 Å². The second kappa shape index (κ2) is 3.96.